The first-order chi connectivity index (χ1) is 11.5. The number of piperidine rings is 1. The number of methoxy groups -OCH3 is 1. The van der Waals surface area contributed by atoms with Crippen molar-refractivity contribution >= 4 is 10.9 Å². The fourth-order valence-electron chi connectivity index (χ4n) is 3.59. The molecular formula is C20H26N2O2. The molecule has 0 saturated carbocycles. The Morgan fingerprint density at radius 2 is 2.08 bits per heavy atom. The molecule has 2 aromatic rings. The van der Waals surface area contributed by atoms with Crippen LogP contribution in [0, 0.1) is 6.92 Å². The summed E-state index contributed by atoms with van der Waals surface area (Å²) in [5, 5.41) is 1.09. The van der Waals surface area contributed by atoms with Gasteiger partial charge < -0.3 is 9.72 Å². The number of fused-ring (bicyclic) bond motifs is 1. The third kappa shape index (κ3) is 3.45. The zero-order valence-electron chi connectivity index (χ0n) is 14.6. The average Bonchev–Trinajstić information content (AvgIpc) is 2.58. The molecule has 1 aromatic carbocycles. The minimum absolute atomic E-state index is 0.0165. The molecule has 4 heteroatoms. The molecule has 0 aliphatic carbocycles. The summed E-state index contributed by atoms with van der Waals surface area (Å²) in [5.41, 5.74) is 2.83. The summed E-state index contributed by atoms with van der Waals surface area (Å²) >= 11 is 0. The third-order valence-electron chi connectivity index (χ3n) is 5.19. The van der Waals surface area contributed by atoms with Crippen molar-refractivity contribution in [3.8, 4) is 0 Å². The Morgan fingerprint density at radius 1 is 1.33 bits per heavy atom. The van der Waals surface area contributed by atoms with E-state index in [0.717, 1.165) is 54.4 Å². The van der Waals surface area contributed by atoms with Gasteiger partial charge in [-0.25, -0.2) is 0 Å². The minimum Gasteiger partial charge on any atom is -0.378 e. The molecule has 1 fully saturated rings. The van der Waals surface area contributed by atoms with E-state index in [0.29, 0.717) is 6.54 Å². The van der Waals surface area contributed by atoms with Gasteiger partial charge in [-0.1, -0.05) is 18.2 Å². The van der Waals surface area contributed by atoms with Crippen molar-refractivity contribution in [2.24, 2.45) is 0 Å². The number of H-pyrrole nitrogens is 1. The van der Waals surface area contributed by atoms with Crippen LogP contribution in [0.4, 0.5) is 0 Å². The van der Waals surface area contributed by atoms with E-state index in [1.54, 1.807) is 7.11 Å². The van der Waals surface area contributed by atoms with Crippen molar-refractivity contribution in [1.29, 1.82) is 0 Å². The van der Waals surface area contributed by atoms with Crippen LogP contribution in [0.2, 0.25) is 0 Å². The molecule has 1 aliphatic heterocycles. The van der Waals surface area contributed by atoms with E-state index in [1.165, 1.54) is 0 Å². The molecule has 0 spiro atoms. The first-order valence-electron chi connectivity index (χ1n) is 8.56. The number of ether oxygens (including phenoxy) is 1. The maximum Gasteiger partial charge on any atom is 0.252 e. The Labute approximate surface area is 143 Å². The van der Waals surface area contributed by atoms with Crippen molar-refractivity contribution in [1.82, 2.24) is 9.88 Å². The number of rotatable bonds is 5. The number of nitrogens with zero attached hydrogens (tertiary/aromatic N) is 1. The summed E-state index contributed by atoms with van der Waals surface area (Å²) in [6, 6.07) is 8.19. The largest absolute Gasteiger partial charge is 0.378 e. The molecule has 128 valence electrons. The van der Waals surface area contributed by atoms with Gasteiger partial charge in [-0.05, 0) is 49.3 Å². The molecular weight excluding hydrogens is 300 g/mol. The van der Waals surface area contributed by atoms with E-state index in [1.807, 2.05) is 25.1 Å². The van der Waals surface area contributed by atoms with Crippen LogP contribution in [0.1, 0.15) is 30.4 Å². The standard InChI is InChI=1S/C20H26N2O2/c1-4-7-20(24-3)8-10-22(11-9-20)14-17-13-16-6-5-15(2)12-18(16)21-19(17)23/h4-6,12-13H,1,7-11,14H2,2-3H3,(H,21,23). The quantitative estimate of drug-likeness (QED) is 0.857. The van der Waals surface area contributed by atoms with Crippen LogP contribution >= 0.6 is 0 Å². The second-order valence-corrected chi connectivity index (χ2v) is 6.87. The summed E-state index contributed by atoms with van der Waals surface area (Å²) in [6.07, 6.45) is 4.77. The number of likely N-dealkylation sites (tertiary alicyclic amines) is 1. The van der Waals surface area contributed by atoms with Crippen LogP contribution in [-0.2, 0) is 11.3 Å². The van der Waals surface area contributed by atoms with Crippen LogP contribution in [0.3, 0.4) is 0 Å². The molecule has 0 amide bonds. The monoisotopic (exact) mass is 326 g/mol. The van der Waals surface area contributed by atoms with Gasteiger partial charge in [0.2, 0.25) is 0 Å². The molecule has 1 aliphatic rings. The fourth-order valence-corrected chi connectivity index (χ4v) is 3.59. The van der Waals surface area contributed by atoms with Gasteiger partial charge in [0.25, 0.3) is 5.56 Å². The SMILES string of the molecule is C=CCC1(OC)CCN(Cc2cc3ccc(C)cc3[nH]c2=O)CC1. The third-order valence-corrected chi connectivity index (χ3v) is 5.19. The van der Waals surface area contributed by atoms with E-state index in [4.69, 9.17) is 4.74 Å². The molecule has 0 radical (unpaired) electrons. The number of benzene rings is 1. The molecule has 4 nitrogen and oxygen atoms in total. The number of aromatic amines is 1. The summed E-state index contributed by atoms with van der Waals surface area (Å²) < 4.78 is 5.74. The molecule has 2 heterocycles. The second-order valence-electron chi connectivity index (χ2n) is 6.87. The molecule has 3 rings (SSSR count). The molecule has 0 unspecified atom stereocenters. The minimum atomic E-state index is -0.0778. The van der Waals surface area contributed by atoms with Crippen LogP contribution in [0.15, 0.2) is 41.7 Å². The van der Waals surface area contributed by atoms with Crippen molar-refractivity contribution in [3.05, 3.63) is 58.4 Å². The maximum absolute atomic E-state index is 12.4. The predicted molar refractivity (Wildman–Crippen MR) is 98.4 cm³/mol. The van der Waals surface area contributed by atoms with Crippen LogP contribution in [0.25, 0.3) is 10.9 Å². The van der Waals surface area contributed by atoms with Gasteiger partial charge in [0.1, 0.15) is 0 Å². The van der Waals surface area contributed by atoms with Crippen LogP contribution < -0.4 is 5.56 Å². The Kier molecular flexibility index (Phi) is 4.88. The molecule has 1 N–H and O–H groups in total. The van der Waals surface area contributed by atoms with Gasteiger partial charge >= 0.3 is 0 Å². The van der Waals surface area contributed by atoms with Gasteiger partial charge in [-0.15, -0.1) is 6.58 Å². The lowest BCUT2D eigenvalue weighted by atomic mass is 9.88. The fraction of sp³-hybridized carbons (Fsp3) is 0.450. The maximum atomic E-state index is 12.4. The van der Waals surface area contributed by atoms with Crippen molar-refractivity contribution in [3.63, 3.8) is 0 Å². The number of aryl methyl sites for hydroxylation is 1. The summed E-state index contributed by atoms with van der Waals surface area (Å²) in [5.74, 6) is 0. The van der Waals surface area contributed by atoms with E-state index in [9.17, 15) is 4.79 Å². The molecule has 1 saturated heterocycles. The highest BCUT2D eigenvalue weighted by atomic mass is 16.5. The molecule has 24 heavy (non-hydrogen) atoms. The summed E-state index contributed by atoms with van der Waals surface area (Å²) in [4.78, 5) is 17.7. The smallest absolute Gasteiger partial charge is 0.252 e. The van der Waals surface area contributed by atoms with Crippen LogP contribution in [-0.4, -0.2) is 35.7 Å². The van der Waals surface area contributed by atoms with E-state index < -0.39 is 0 Å². The van der Waals surface area contributed by atoms with Gasteiger partial charge in [-0.2, -0.15) is 0 Å². The first kappa shape index (κ1) is 16.9. The Hall–Kier alpha value is -1.91. The zero-order chi connectivity index (χ0) is 17.2. The molecule has 1 aromatic heterocycles. The van der Waals surface area contributed by atoms with Crippen molar-refractivity contribution in [2.45, 2.75) is 38.3 Å². The Bertz CT molecular complexity index is 786. The number of hydrogen-bond acceptors (Lipinski definition) is 3. The number of aromatic nitrogens is 1. The van der Waals surface area contributed by atoms with E-state index in [2.05, 4.69) is 28.6 Å². The lowest BCUT2D eigenvalue weighted by molar-refractivity contribution is -0.0559. The zero-order valence-corrected chi connectivity index (χ0v) is 14.6. The average molecular weight is 326 g/mol. The predicted octanol–water partition coefficient (Wildman–Crippen LogP) is 3.39. The summed E-state index contributed by atoms with van der Waals surface area (Å²) in [6.45, 7) is 8.44. The van der Waals surface area contributed by atoms with Crippen molar-refractivity contribution in [2.75, 3.05) is 20.2 Å². The van der Waals surface area contributed by atoms with Crippen molar-refractivity contribution < 1.29 is 4.74 Å². The molecule has 0 atom stereocenters. The Morgan fingerprint density at radius 3 is 2.75 bits per heavy atom. The molecule has 0 bridgehead atoms. The van der Waals surface area contributed by atoms with E-state index in [-0.39, 0.29) is 11.2 Å². The number of hydrogen-bond donors (Lipinski definition) is 1. The lowest BCUT2D eigenvalue weighted by Crippen LogP contribution is -2.45. The van der Waals surface area contributed by atoms with Gasteiger partial charge in [0, 0.05) is 37.8 Å². The highest BCUT2D eigenvalue weighted by Crippen LogP contribution is 2.30. The Balaban J connectivity index is 1.74. The summed E-state index contributed by atoms with van der Waals surface area (Å²) in [7, 11) is 1.79. The number of pyridine rings is 1. The highest BCUT2D eigenvalue weighted by molar-refractivity contribution is 5.79. The normalized spacial score (nSPS) is 17.9. The first-order valence-corrected chi connectivity index (χ1v) is 8.56. The van der Waals surface area contributed by atoms with Gasteiger partial charge in [0.15, 0.2) is 0 Å². The highest BCUT2D eigenvalue weighted by Gasteiger charge is 2.33. The van der Waals surface area contributed by atoms with Gasteiger partial charge in [0.05, 0.1) is 5.60 Å². The van der Waals surface area contributed by atoms with E-state index >= 15 is 0 Å². The van der Waals surface area contributed by atoms with Gasteiger partial charge in [-0.3, -0.25) is 9.69 Å². The lowest BCUT2D eigenvalue weighted by Gasteiger charge is -2.40. The topological polar surface area (TPSA) is 45.3 Å². The van der Waals surface area contributed by atoms with Crippen LogP contribution in [0.5, 0.6) is 0 Å². The number of nitrogens with one attached hydrogen (secondary N) is 1. The second kappa shape index (κ2) is 6.91.